The molecule has 0 bridgehead atoms. The minimum absolute atomic E-state index is 0.0762. The van der Waals surface area contributed by atoms with E-state index in [-0.39, 0.29) is 29.9 Å². The first-order valence-corrected chi connectivity index (χ1v) is 12.6. The molecule has 0 saturated carbocycles. The van der Waals surface area contributed by atoms with Crippen LogP contribution >= 0.6 is 11.6 Å². The molecule has 6 N–H and O–H groups in total. The van der Waals surface area contributed by atoms with Crippen LogP contribution < -0.4 is 26.4 Å². The van der Waals surface area contributed by atoms with Gasteiger partial charge in [0.25, 0.3) is 5.91 Å². The monoisotopic (exact) mass is 533 g/mol. The molecule has 3 unspecified atom stereocenters. The molecule has 202 valence electrons. The number of aromatic nitrogens is 1. The van der Waals surface area contributed by atoms with Crippen molar-refractivity contribution in [2.24, 2.45) is 17.1 Å². The number of carbonyl (C=O) groups excluding carboxylic acids is 4. The third kappa shape index (κ3) is 6.94. The first-order chi connectivity index (χ1) is 17.1. The summed E-state index contributed by atoms with van der Waals surface area (Å²) < 4.78 is 5.36. The van der Waals surface area contributed by atoms with E-state index in [1.54, 1.807) is 18.2 Å². The molecule has 1 aliphatic heterocycles. The van der Waals surface area contributed by atoms with Crippen molar-refractivity contribution in [2.75, 3.05) is 7.11 Å². The van der Waals surface area contributed by atoms with Crippen LogP contribution in [0.4, 0.5) is 0 Å². The van der Waals surface area contributed by atoms with Crippen molar-refractivity contribution < 1.29 is 23.9 Å². The second-order valence-electron chi connectivity index (χ2n) is 11.5. The van der Waals surface area contributed by atoms with E-state index >= 15 is 0 Å². The van der Waals surface area contributed by atoms with E-state index < -0.39 is 41.3 Å². The maximum Gasteiger partial charge on any atom is 0.268 e. The fourth-order valence-electron chi connectivity index (χ4n) is 4.71. The van der Waals surface area contributed by atoms with E-state index in [0.29, 0.717) is 28.1 Å². The van der Waals surface area contributed by atoms with Gasteiger partial charge in [-0.2, -0.15) is 0 Å². The third-order valence-corrected chi connectivity index (χ3v) is 6.69. The van der Waals surface area contributed by atoms with Gasteiger partial charge in [-0.3, -0.25) is 19.2 Å². The standard InChI is InChI=1S/C26H36ClN5O5/c1-25(2,3)12-18(24(36)30-16(21(28)33)9-13-11-26(4,5)32-22(13)34)31-23(35)17-10-14-19(37-6)8-7-15(27)20(14)29-17/h7-8,10,13,16,18,29H,9,11-12H2,1-6H3,(H2,28,33)(H,30,36)(H,31,35)(H,32,34). The van der Waals surface area contributed by atoms with Gasteiger partial charge in [-0.25, -0.2) is 0 Å². The quantitative estimate of drug-likeness (QED) is 0.335. The van der Waals surface area contributed by atoms with Gasteiger partial charge in [0.2, 0.25) is 17.7 Å². The number of ether oxygens (including phenoxy) is 1. The van der Waals surface area contributed by atoms with Crippen LogP contribution in [0, 0.1) is 11.3 Å². The zero-order chi connectivity index (χ0) is 27.7. The SMILES string of the molecule is COc1ccc(Cl)c2[nH]c(C(=O)NC(CC(C)(C)C)C(=O)NC(CC3CC(C)(C)NC3=O)C(N)=O)cc12. The Morgan fingerprint density at radius 2 is 1.89 bits per heavy atom. The molecule has 3 rings (SSSR count). The molecule has 10 nitrogen and oxygen atoms in total. The fraction of sp³-hybridized carbons (Fsp3) is 0.538. The molecule has 4 amide bonds. The smallest absolute Gasteiger partial charge is 0.268 e. The number of nitrogens with two attached hydrogens (primary N) is 1. The van der Waals surface area contributed by atoms with Crippen molar-refractivity contribution in [3.05, 3.63) is 28.9 Å². The highest BCUT2D eigenvalue weighted by molar-refractivity contribution is 6.35. The van der Waals surface area contributed by atoms with Crippen molar-refractivity contribution in [3.63, 3.8) is 0 Å². The Labute approximate surface area is 221 Å². The van der Waals surface area contributed by atoms with Crippen LogP contribution in [-0.4, -0.2) is 53.3 Å². The molecule has 1 saturated heterocycles. The Balaban J connectivity index is 1.80. The number of halogens is 1. The number of amides is 4. The van der Waals surface area contributed by atoms with E-state index in [2.05, 4.69) is 20.9 Å². The van der Waals surface area contributed by atoms with Crippen molar-refractivity contribution >= 4 is 46.1 Å². The highest BCUT2D eigenvalue weighted by atomic mass is 35.5. The highest BCUT2D eigenvalue weighted by Crippen LogP contribution is 2.32. The number of carbonyl (C=O) groups is 4. The summed E-state index contributed by atoms with van der Waals surface area (Å²) in [5, 5.41) is 9.36. The summed E-state index contributed by atoms with van der Waals surface area (Å²) in [5.41, 5.74) is 5.58. The Bertz CT molecular complexity index is 1220. The maximum absolute atomic E-state index is 13.3. The summed E-state index contributed by atoms with van der Waals surface area (Å²) in [6.45, 7) is 9.59. The molecule has 3 atom stereocenters. The van der Waals surface area contributed by atoms with Gasteiger partial charge < -0.3 is 31.4 Å². The molecule has 0 aliphatic carbocycles. The number of rotatable bonds is 9. The molecular weight excluding hydrogens is 498 g/mol. The number of H-pyrrole nitrogens is 1. The molecule has 1 aliphatic rings. The number of fused-ring (bicyclic) bond motifs is 1. The molecule has 1 aromatic carbocycles. The molecule has 0 radical (unpaired) electrons. The predicted octanol–water partition coefficient (Wildman–Crippen LogP) is 2.64. The number of methoxy groups -OCH3 is 1. The summed E-state index contributed by atoms with van der Waals surface area (Å²) in [6.07, 6.45) is 0.879. The Morgan fingerprint density at radius 1 is 1.22 bits per heavy atom. The van der Waals surface area contributed by atoms with Gasteiger partial charge >= 0.3 is 0 Å². The number of benzene rings is 1. The van der Waals surface area contributed by atoms with Crippen LogP contribution in [0.15, 0.2) is 18.2 Å². The van der Waals surface area contributed by atoms with Crippen molar-refractivity contribution in [1.82, 2.24) is 20.9 Å². The number of hydrogen-bond donors (Lipinski definition) is 5. The summed E-state index contributed by atoms with van der Waals surface area (Å²) in [4.78, 5) is 54.0. The molecule has 2 aromatic rings. The zero-order valence-electron chi connectivity index (χ0n) is 22.1. The van der Waals surface area contributed by atoms with Gasteiger partial charge in [-0.15, -0.1) is 0 Å². The Hall–Kier alpha value is -3.27. The molecule has 0 spiro atoms. The summed E-state index contributed by atoms with van der Waals surface area (Å²) in [7, 11) is 1.52. The fourth-order valence-corrected chi connectivity index (χ4v) is 4.92. The van der Waals surface area contributed by atoms with E-state index in [0.717, 1.165) is 0 Å². The lowest BCUT2D eigenvalue weighted by atomic mass is 9.87. The summed E-state index contributed by atoms with van der Waals surface area (Å²) in [6, 6.07) is 2.94. The normalized spacial score (nSPS) is 18.7. The zero-order valence-corrected chi connectivity index (χ0v) is 22.8. The van der Waals surface area contributed by atoms with Gasteiger partial charge in [-0.05, 0) is 56.7 Å². The van der Waals surface area contributed by atoms with Crippen LogP contribution in [0.5, 0.6) is 5.75 Å². The van der Waals surface area contributed by atoms with E-state index in [9.17, 15) is 19.2 Å². The van der Waals surface area contributed by atoms with Gasteiger partial charge in [-0.1, -0.05) is 32.4 Å². The Morgan fingerprint density at radius 3 is 2.43 bits per heavy atom. The first kappa shape index (κ1) is 28.3. The van der Waals surface area contributed by atoms with Crippen molar-refractivity contribution in [2.45, 2.75) is 71.5 Å². The average Bonchev–Trinajstić information content (AvgIpc) is 3.33. The Kier molecular flexibility index (Phi) is 8.12. The van der Waals surface area contributed by atoms with Crippen LogP contribution in [0.25, 0.3) is 10.9 Å². The van der Waals surface area contributed by atoms with Gasteiger partial charge in [0.15, 0.2) is 0 Å². The lowest BCUT2D eigenvalue weighted by Crippen LogP contribution is -2.54. The molecule has 1 fully saturated rings. The van der Waals surface area contributed by atoms with Crippen molar-refractivity contribution in [1.29, 1.82) is 0 Å². The molecule has 37 heavy (non-hydrogen) atoms. The van der Waals surface area contributed by atoms with E-state index in [4.69, 9.17) is 22.1 Å². The second kappa shape index (κ2) is 10.6. The van der Waals surface area contributed by atoms with Crippen LogP contribution in [0.2, 0.25) is 5.02 Å². The molecular formula is C26H36ClN5O5. The minimum atomic E-state index is -1.06. The largest absolute Gasteiger partial charge is 0.496 e. The topological polar surface area (TPSA) is 155 Å². The molecule has 11 heteroatoms. The highest BCUT2D eigenvalue weighted by Gasteiger charge is 2.40. The lowest BCUT2D eigenvalue weighted by molar-refractivity contribution is -0.130. The summed E-state index contributed by atoms with van der Waals surface area (Å²) in [5.74, 6) is -1.93. The number of aromatic amines is 1. The average molecular weight is 534 g/mol. The van der Waals surface area contributed by atoms with Crippen LogP contribution in [0.1, 0.15) is 64.4 Å². The molecule has 1 aromatic heterocycles. The third-order valence-electron chi connectivity index (χ3n) is 6.38. The molecule has 2 heterocycles. The second-order valence-corrected chi connectivity index (χ2v) is 11.9. The lowest BCUT2D eigenvalue weighted by Gasteiger charge is -2.28. The van der Waals surface area contributed by atoms with E-state index in [1.165, 1.54) is 7.11 Å². The maximum atomic E-state index is 13.3. The minimum Gasteiger partial charge on any atom is -0.496 e. The first-order valence-electron chi connectivity index (χ1n) is 12.2. The number of nitrogens with one attached hydrogen (secondary N) is 4. The predicted molar refractivity (Wildman–Crippen MR) is 141 cm³/mol. The summed E-state index contributed by atoms with van der Waals surface area (Å²) >= 11 is 6.28. The van der Waals surface area contributed by atoms with Crippen molar-refractivity contribution in [3.8, 4) is 5.75 Å². The van der Waals surface area contributed by atoms with Gasteiger partial charge in [0, 0.05) is 16.8 Å². The van der Waals surface area contributed by atoms with Crippen LogP contribution in [-0.2, 0) is 14.4 Å². The van der Waals surface area contributed by atoms with Crippen LogP contribution in [0.3, 0.4) is 0 Å². The van der Waals surface area contributed by atoms with Gasteiger partial charge in [0.1, 0.15) is 23.5 Å². The van der Waals surface area contributed by atoms with Gasteiger partial charge in [0.05, 0.1) is 17.6 Å². The number of hydrogen-bond acceptors (Lipinski definition) is 5. The van der Waals surface area contributed by atoms with E-state index in [1.807, 2.05) is 34.6 Å². The number of primary amides is 1.